The van der Waals surface area contributed by atoms with Crippen LogP contribution in [0.3, 0.4) is 0 Å². The van der Waals surface area contributed by atoms with Crippen LogP contribution in [-0.2, 0) is 26.8 Å². The summed E-state index contributed by atoms with van der Waals surface area (Å²) in [6.45, 7) is 13.9. The van der Waals surface area contributed by atoms with Gasteiger partial charge in [0.15, 0.2) is 0 Å². The van der Waals surface area contributed by atoms with Gasteiger partial charge < -0.3 is 0 Å². The van der Waals surface area contributed by atoms with E-state index in [0.29, 0.717) is 0 Å². The minimum Gasteiger partial charge on any atom is -0.186 e. The molecule has 2 heteroatoms. The van der Waals surface area contributed by atoms with Crippen molar-refractivity contribution < 1.29 is 9.59 Å². The third-order valence-electron chi connectivity index (χ3n) is 9.32. The lowest BCUT2D eigenvalue weighted by Gasteiger charge is -2.31. The molecule has 0 aliphatic carbocycles. The average molecular weight is 583 g/mol. The first-order valence-corrected chi connectivity index (χ1v) is 16.9. The number of aryl methyl sites for hydroxylation is 2. The van der Waals surface area contributed by atoms with Gasteiger partial charge in [0, 0.05) is 10.8 Å². The fraction of sp³-hybridized carbons (Fsp3) is 0.537. The van der Waals surface area contributed by atoms with Gasteiger partial charge in [-0.15, -0.1) is 0 Å². The Bertz CT molecular complexity index is 1200. The molecule has 2 nitrogen and oxygen atoms in total. The lowest BCUT2D eigenvalue weighted by molar-refractivity contribution is -0.191. The van der Waals surface area contributed by atoms with Crippen molar-refractivity contribution >= 4 is 6.15 Å². The first-order valence-electron chi connectivity index (χ1n) is 16.9. The fourth-order valence-corrected chi connectivity index (χ4v) is 6.04. The smallest absolute Gasteiger partial charge is 0.186 e. The Morgan fingerprint density at radius 3 is 1.30 bits per heavy atom. The van der Waals surface area contributed by atoms with Crippen molar-refractivity contribution in [3.63, 3.8) is 0 Å². The fourth-order valence-electron chi connectivity index (χ4n) is 6.04. The number of benzene rings is 3. The molecule has 0 heterocycles. The van der Waals surface area contributed by atoms with Gasteiger partial charge in [0.1, 0.15) is 0 Å². The van der Waals surface area contributed by atoms with E-state index in [4.69, 9.17) is 9.59 Å². The number of hydrogen-bond donors (Lipinski definition) is 0. The molecule has 0 atom stereocenters. The topological polar surface area (TPSA) is 34.1 Å². The Morgan fingerprint density at radius 1 is 0.512 bits per heavy atom. The van der Waals surface area contributed by atoms with E-state index in [9.17, 15) is 0 Å². The van der Waals surface area contributed by atoms with Crippen LogP contribution in [-0.4, -0.2) is 6.15 Å². The maximum atomic E-state index is 8.12. The standard InChI is InChI=1S/C40H58.CO2/c1-7-8-9-10-11-12-13-14-15-16-17-18-19-21-34-26-30-36(31-27-34)40(5,6)38-23-20-22-37(32-38)39(3,4)35-28-24-33(2)25-29-35;2-1-3/h20,22-32H,7-19,21H2,1-6H3;. The van der Waals surface area contributed by atoms with Crippen LogP contribution in [0.5, 0.6) is 0 Å². The van der Waals surface area contributed by atoms with E-state index in [2.05, 4.69) is 114 Å². The molecule has 0 bridgehead atoms. The predicted molar refractivity (Wildman–Crippen MR) is 183 cm³/mol. The van der Waals surface area contributed by atoms with Crippen molar-refractivity contribution in [2.24, 2.45) is 0 Å². The van der Waals surface area contributed by atoms with E-state index in [1.807, 2.05) is 0 Å². The van der Waals surface area contributed by atoms with Crippen LogP contribution in [0.15, 0.2) is 72.8 Å². The Morgan fingerprint density at radius 2 is 0.884 bits per heavy atom. The molecular weight excluding hydrogens is 524 g/mol. The van der Waals surface area contributed by atoms with Gasteiger partial charge >= 0.3 is 6.15 Å². The van der Waals surface area contributed by atoms with Gasteiger partial charge in [-0.25, -0.2) is 0 Å². The lowest BCUT2D eigenvalue weighted by atomic mass is 9.73. The van der Waals surface area contributed by atoms with Crippen molar-refractivity contribution in [1.82, 2.24) is 0 Å². The highest BCUT2D eigenvalue weighted by molar-refractivity contribution is 5.45. The molecule has 3 aromatic rings. The number of unbranched alkanes of at least 4 members (excludes halogenated alkanes) is 12. The molecule has 0 fully saturated rings. The van der Waals surface area contributed by atoms with Gasteiger partial charge in [0.25, 0.3) is 0 Å². The van der Waals surface area contributed by atoms with Gasteiger partial charge in [0.05, 0.1) is 0 Å². The van der Waals surface area contributed by atoms with Crippen LogP contribution in [0.25, 0.3) is 0 Å². The minimum atomic E-state index is -0.0343. The SMILES string of the molecule is CCCCCCCCCCCCCCCc1ccc(C(C)(C)c2cccc(C(C)(C)c3ccc(C)cc3)c2)cc1.O=C=O. The summed E-state index contributed by atoms with van der Waals surface area (Å²) >= 11 is 0. The van der Waals surface area contributed by atoms with Crippen molar-refractivity contribution in [2.75, 3.05) is 0 Å². The van der Waals surface area contributed by atoms with Crippen LogP contribution in [0.2, 0.25) is 0 Å². The Hall–Kier alpha value is -2.96. The number of rotatable bonds is 18. The summed E-state index contributed by atoms with van der Waals surface area (Å²) in [6, 6.07) is 27.8. The molecule has 3 aromatic carbocycles. The van der Waals surface area contributed by atoms with E-state index in [1.165, 1.54) is 123 Å². The van der Waals surface area contributed by atoms with Crippen LogP contribution >= 0.6 is 0 Å². The summed E-state index contributed by atoms with van der Waals surface area (Å²) in [7, 11) is 0. The van der Waals surface area contributed by atoms with E-state index < -0.39 is 0 Å². The van der Waals surface area contributed by atoms with Gasteiger partial charge in [-0.05, 0) is 47.6 Å². The monoisotopic (exact) mass is 582 g/mol. The van der Waals surface area contributed by atoms with Gasteiger partial charge in [-0.1, -0.05) is 190 Å². The zero-order valence-corrected chi connectivity index (χ0v) is 28.1. The van der Waals surface area contributed by atoms with Gasteiger partial charge in [-0.2, -0.15) is 9.59 Å². The van der Waals surface area contributed by atoms with E-state index in [1.54, 1.807) is 0 Å². The highest BCUT2D eigenvalue weighted by Crippen LogP contribution is 2.37. The number of hydrogen-bond acceptors (Lipinski definition) is 2. The van der Waals surface area contributed by atoms with E-state index >= 15 is 0 Å². The molecule has 0 radical (unpaired) electrons. The molecule has 0 unspecified atom stereocenters. The Labute approximate surface area is 263 Å². The maximum absolute atomic E-state index is 8.12. The van der Waals surface area contributed by atoms with Crippen molar-refractivity contribution in [1.29, 1.82) is 0 Å². The summed E-state index contributed by atoms with van der Waals surface area (Å²) in [5.41, 5.74) is 8.25. The molecule has 0 saturated heterocycles. The highest BCUT2D eigenvalue weighted by atomic mass is 16.2. The summed E-state index contributed by atoms with van der Waals surface area (Å²) in [5, 5.41) is 0. The van der Waals surface area contributed by atoms with Crippen LogP contribution in [0.4, 0.5) is 0 Å². The molecule has 0 amide bonds. The Kier molecular flexibility index (Phi) is 16.3. The second kappa shape index (κ2) is 19.3. The summed E-state index contributed by atoms with van der Waals surface area (Å²) in [6.07, 6.45) is 19.9. The molecule has 3 rings (SSSR count). The molecule has 0 aromatic heterocycles. The first-order chi connectivity index (χ1) is 20.7. The summed E-state index contributed by atoms with van der Waals surface area (Å²) < 4.78 is 0. The number of carbonyl (C=O) groups excluding carboxylic acids is 2. The van der Waals surface area contributed by atoms with Crippen LogP contribution in [0.1, 0.15) is 151 Å². The van der Waals surface area contributed by atoms with Crippen LogP contribution in [0, 0.1) is 6.92 Å². The van der Waals surface area contributed by atoms with Gasteiger partial charge in [-0.3, -0.25) is 0 Å². The zero-order valence-electron chi connectivity index (χ0n) is 28.1. The normalized spacial score (nSPS) is 11.5. The molecule has 0 spiro atoms. The quantitative estimate of drug-likeness (QED) is 0.140. The average Bonchev–Trinajstić information content (AvgIpc) is 3.00. The van der Waals surface area contributed by atoms with Crippen molar-refractivity contribution in [3.8, 4) is 0 Å². The van der Waals surface area contributed by atoms with E-state index in [0.717, 1.165) is 0 Å². The molecule has 0 aliphatic heterocycles. The second-order valence-electron chi connectivity index (χ2n) is 13.5. The first kappa shape index (κ1) is 36.2. The van der Waals surface area contributed by atoms with Crippen LogP contribution < -0.4 is 0 Å². The molecule has 0 saturated carbocycles. The lowest BCUT2D eigenvalue weighted by Crippen LogP contribution is -2.23. The summed E-state index contributed by atoms with van der Waals surface area (Å²) in [5.74, 6) is 0. The molecular formula is C41H58O2. The predicted octanol–water partition coefficient (Wildman–Crippen LogP) is 11.7. The second-order valence-corrected chi connectivity index (χ2v) is 13.5. The largest absolute Gasteiger partial charge is 0.373 e. The van der Waals surface area contributed by atoms with Crippen molar-refractivity contribution in [2.45, 2.75) is 142 Å². The molecule has 0 N–H and O–H groups in total. The Balaban J connectivity index is 0.00000206. The van der Waals surface area contributed by atoms with Gasteiger partial charge in [0.2, 0.25) is 0 Å². The van der Waals surface area contributed by atoms with E-state index in [-0.39, 0.29) is 17.0 Å². The highest BCUT2D eigenvalue weighted by Gasteiger charge is 2.27. The molecule has 0 aliphatic rings. The molecule has 43 heavy (non-hydrogen) atoms. The minimum absolute atomic E-state index is 0.0302. The summed E-state index contributed by atoms with van der Waals surface area (Å²) in [4.78, 5) is 16.2. The third-order valence-corrected chi connectivity index (χ3v) is 9.32. The van der Waals surface area contributed by atoms with Crippen molar-refractivity contribution in [3.05, 3.63) is 106 Å². The molecule has 234 valence electrons. The zero-order chi connectivity index (χ0) is 31.6. The third kappa shape index (κ3) is 12.3. The maximum Gasteiger partial charge on any atom is 0.373 e.